The summed E-state index contributed by atoms with van der Waals surface area (Å²) >= 11 is 1.14. The number of carbonyl (C=O) groups excluding carboxylic acids is 5. The van der Waals surface area contributed by atoms with Gasteiger partial charge in [-0.05, 0) is 80.4 Å². The Bertz CT molecular complexity index is 2150. The number of hydrogen-bond donors (Lipinski definition) is 7. The van der Waals surface area contributed by atoms with Crippen LogP contribution in [0.2, 0.25) is 0 Å². The van der Waals surface area contributed by atoms with E-state index in [1.54, 1.807) is 31.0 Å². The zero-order chi connectivity index (χ0) is 50.4. The molecule has 0 fully saturated rings. The first kappa shape index (κ1) is 56.5. The van der Waals surface area contributed by atoms with Crippen molar-refractivity contribution in [3.63, 3.8) is 0 Å². The van der Waals surface area contributed by atoms with E-state index < -0.39 is 71.3 Å². The number of aromatic nitrogens is 1. The number of aliphatic carboxylic acids is 2. The summed E-state index contributed by atoms with van der Waals surface area (Å²) in [5.41, 5.74) is 1.31. The summed E-state index contributed by atoms with van der Waals surface area (Å²) in [5, 5.41) is 32.0. The molecule has 19 heteroatoms. The Kier molecular flexibility index (Phi) is 23.7. The van der Waals surface area contributed by atoms with E-state index in [0.717, 1.165) is 54.9 Å². The molecule has 0 bridgehead atoms. The zero-order valence-electron chi connectivity index (χ0n) is 40.0. The van der Waals surface area contributed by atoms with Gasteiger partial charge in [0.1, 0.15) is 23.7 Å². The van der Waals surface area contributed by atoms with Crippen LogP contribution in [0.15, 0.2) is 60.8 Å². The first-order valence-corrected chi connectivity index (χ1v) is 24.2. The van der Waals surface area contributed by atoms with Gasteiger partial charge in [0, 0.05) is 67.7 Å². The maximum atomic E-state index is 15.3. The molecular weight excluding hydrogens is 901 g/mol. The summed E-state index contributed by atoms with van der Waals surface area (Å²) in [7, 11) is 1.86. The normalized spacial score (nSPS) is 12.7. The standard InChI is InChI=1S/C49H69F2N7O9S/c1-32(2)45(56-40(59)16-11-8-12-22-52-6)47(65)54-28-42(61)53-23-13-24-58(43(62)31-68-25-21-41(60)55-38(48(66)67)19-20-44(63)64)46(49(3,4)5)39-26-34(36-27-35(50)17-18-37(36)51)30-57(39)29-33-14-9-7-10-15-33/h7,9-10,14-15,17-18,26-27,30,32,38,45-46,52H,8,11-13,16,19-25,28-29,31H2,1-6H3,(H,53,61)(H,54,65)(H,55,60)(H,56,59)(H,63,64)(H,66,67). The van der Waals surface area contributed by atoms with Crippen LogP contribution in [-0.4, -0.2) is 118 Å². The minimum atomic E-state index is -1.39. The average molecular weight is 970 g/mol. The maximum Gasteiger partial charge on any atom is 0.326 e. The molecular formula is C49H69F2N7O9S. The van der Waals surface area contributed by atoms with Crippen LogP contribution in [0.1, 0.15) is 103 Å². The molecule has 0 saturated carbocycles. The van der Waals surface area contributed by atoms with Crippen molar-refractivity contribution >= 4 is 53.2 Å². The van der Waals surface area contributed by atoms with E-state index in [4.69, 9.17) is 5.11 Å². The van der Waals surface area contributed by atoms with E-state index in [1.165, 1.54) is 0 Å². The van der Waals surface area contributed by atoms with Gasteiger partial charge in [-0.2, -0.15) is 11.8 Å². The fourth-order valence-electron chi connectivity index (χ4n) is 7.57. The molecule has 5 amide bonds. The summed E-state index contributed by atoms with van der Waals surface area (Å²) in [5.74, 6) is -6.20. The van der Waals surface area contributed by atoms with Gasteiger partial charge in [0.15, 0.2) is 0 Å². The highest BCUT2D eigenvalue weighted by Crippen LogP contribution is 2.41. The number of thioether (sulfide) groups is 1. The zero-order valence-corrected chi connectivity index (χ0v) is 40.8. The van der Waals surface area contributed by atoms with Crippen molar-refractivity contribution in [1.82, 2.24) is 36.1 Å². The number of nitrogens with one attached hydrogen (secondary N) is 5. The molecule has 3 unspecified atom stereocenters. The third-order valence-corrected chi connectivity index (χ3v) is 11.9. The van der Waals surface area contributed by atoms with Gasteiger partial charge >= 0.3 is 11.9 Å². The van der Waals surface area contributed by atoms with Gasteiger partial charge in [-0.25, -0.2) is 13.6 Å². The molecule has 1 heterocycles. The number of carboxylic acids is 2. The monoisotopic (exact) mass is 969 g/mol. The lowest BCUT2D eigenvalue weighted by Crippen LogP contribution is -2.51. The van der Waals surface area contributed by atoms with Gasteiger partial charge in [-0.3, -0.25) is 28.8 Å². The second-order valence-corrected chi connectivity index (χ2v) is 19.2. The van der Waals surface area contributed by atoms with Gasteiger partial charge in [-0.1, -0.05) is 71.4 Å². The van der Waals surface area contributed by atoms with E-state index >= 15 is 4.39 Å². The van der Waals surface area contributed by atoms with E-state index in [1.807, 2.05) is 62.7 Å². The van der Waals surface area contributed by atoms with Crippen molar-refractivity contribution in [3.8, 4) is 11.1 Å². The molecule has 2 aromatic carbocycles. The number of halogens is 2. The smallest absolute Gasteiger partial charge is 0.326 e. The quantitative estimate of drug-likeness (QED) is 0.0413. The molecule has 3 rings (SSSR count). The van der Waals surface area contributed by atoms with Crippen LogP contribution >= 0.6 is 11.8 Å². The number of amides is 5. The van der Waals surface area contributed by atoms with Crippen LogP contribution in [-0.2, 0) is 40.1 Å². The van der Waals surface area contributed by atoms with Crippen LogP contribution in [0.5, 0.6) is 0 Å². The number of carboxylic acid groups (broad SMARTS) is 2. The highest BCUT2D eigenvalue weighted by atomic mass is 32.2. The second-order valence-electron chi connectivity index (χ2n) is 18.1. The molecule has 374 valence electrons. The average Bonchev–Trinajstić information content (AvgIpc) is 3.68. The number of benzene rings is 2. The number of unbranched alkanes of at least 4 members (excludes halogenated alkanes) is 2. The number of carbonyl (C=O) groups is 7. The van der Waals surface area contributed by atoms with E-state index in [-0.39, 0.29) is 80.1 Å². The summed E-state index contributed by atoms with van der Waals surface area (Å²) in [6, 6.07) is 11.6. The predicted molar refractivity (Wildman–Crippen MR) is 257 cm³/mol. The lowest BCUT2D eigenvalue weighted by atomic mass is 9.83. The lowest BCUT2D eigenvalue weighted by molar-refractivity contribution is -0.143. The van der Waals surface area contributed by atoms with Crippen molar-refractivity contribution < 1.29 is 52.6 Å². The Balaban J connectivity index is 1.83. The van der Waals surface area contributed by atoms with E-state index in [9.17, 15) is 43.1 Å². The molecule has 3 aromatic rings. The van der Waals surface area contributed by atoms with E-state index in [2.05, 4.69) is 26.6 Å². The summed E-state index contributed by atoms with van der Waals surface area (Å²) in [4.78, 5) is 90.2. The molecule has 7 N–H and O–H groups in total. The molecule has 16 nitrogen and oxygen atoms in total. The topological polar surface area (TPSA) is 228 Å². The largest absolute Gasteiger partial charge is 0.481 e. The van der Waals surface area contributed by atoms with E-state index in [0.29, 0.717) is 24.2 Å². The SMILES string of the molecule is CNCCCCCC(=O)NC(C(=O)NCC(=O)NCCCN(C(=O)CSCCC(=O)NC(CCC(=O)O)C(=O)O)C(c1cc(-c2cc(F)ccc2F)cn1Cc1ccccc1)C(C)(C)C)C(C)C. The maximum absolute atomic E-state index is 15.3. The van der Waals surface area contributed by atoms with Crippen LogP contribution in [0, 0.1) is 23.0 Å². The summed E-state index contributed by atoms with van der Waals surface area (Å²) in [6.45, 7) is 10.5. The van der Waals surface area contributed by atoms with Crippen molar-refractivity contribution in [1.29, 1.82) is 0 Å². The van der Waals surface area contributed by atoms with Gasteiger partial charge < -0.3 is 46.3 Å². The number of hydrogen-bond acceptors (Lipinski definition) is 9. The molecule has 3 atom stereocenters. The fraction of sp³-hybridized carbons (Fsp3) is 0.531. The van der Waals surface area contributed by atoms with Crippen LogP contribution in [0.25, 0.3) is 11.1 Å². The Hall–Kier alpha value is -5.82. The minimum Gasteiger partial charge on any atom is -0.481 e. The number of nitrogens with zero attached hydrogens (tertiary/aromatic N) is 2. The Morgan fingerprint density at radius 1 is 0.809 bits per heavy atom. The van der Waals surface area contributed by atoms with Crippen molar-refractivity contribution in [2.75, 3.05) is 44.7 Å². The molecule has 0 aliphatic heterocycles. The van der Waals surface area contributed by atoms with Crippen LogP contribution in [0.4, 0.5) is 8.78 Å². The molecule has 68 heavy (non-hydrogen) atoms. The Morgan fingerprint density at radius 3 is 2.16 bits per heavy atom. The first-order valence-electron chi connectivity index (χ1n) is 23.0. The highest BCUT2D eigenvalue weighted by molar-refractivity contribution is 7.99. The molecule has 1 aromatic heterocycles. The van der Waals surface area contributed by atoms with Crippen molar-refractivity contribution in [2.24, 2.45) is 11.3 Å². The van der Waals surface area contributed by atoms with Gasteiger partial charge in [0.05, 0.1) is 18.3 Å². The molecule has 0 spiro atoms. The summed E-state index contributed by atoms with van der Waals surface area (Å²) < 4.78 is 31.8. The third kappa shape index (κ3) is 19.4. The summed E-state index contributed by atoms with van der Waals surface area (Å²) in [6.07, 6.45) is 3.87. The van der Waals surface area contributed by atoms with Crippen molar-refractivity contribution in [2.45, 2.75) is 111 Å². The molecule has 0 aliphatic carbocycles. The Morgan fingerprint density at radius 2 is 1.51 bits per heavy atom. The molecule has 0 saturated heterocycles. The minimum absolute atomic E-state index is 0.0400. The third-order valence-electron chi connectivity index (χ3n) is 11.0. The first-order chi connectivity index (χ1) is 32.2. The predicted octanol–water partition coefficient (Wildman–Crippen LogP) is 5.50. The van der Waals surface area contributed by atoms with Crippen LogP contribution in [0.3, 0.4) is 0 Å². The fourth-order valence-corrected chi connectivity index (χ4v) is 8.38. The van der Waals surface area contributed by atoms with Crippen LogP contribution < -0.4 is 26.6 Å². The van der Waals surface area contributed by atoms with Gasteiger partial charge in [-0.15, -0.1) is 0 Å². The highest BCUT2D eigenvalue weighted by Gasteiger charge is 2.37. The number of rotatable bonds is 30. The second kappa shape index (κ2) is 28.5. The Labute approximate surface area is 402 Å². The van der Waals surface area contributed by atoms with Gasteiger partial charge in [0.2, 0.25) is 29.5 Å². The van der Waals surface area contributed by atoms with Crippen molar-refractivity contribution in [3.05, 3.63) is 83.7 Å². The molecule has 0 aliphatic rings. The lowest BCUT2D eigenvalue weighted by Gasteiger charge is -2.41. The molecule has 0 radical (unpaired) electrons. The van der Waals surface area contributed by atoms with Gasteiger partial charge in [0.25, 0.3) is 0 Å².